The Kier molecular flexibility index (Phi) is 3.26. The third-order valence-corrected chi connectivity index (χ3v) is 3.43. The van der Waals surface area contributed by atoms with Gasteiger partial charge >= 0.3 is 0 Å². The molecule has 3 N–H and O–H groups in total. The van der Waals surface area contributed by atoms with Crippen molar-refractivity contribution >= 4 is 34.5 Å². The van der Waals surface area contributed by atoms with Crippen LogP contribution in [0.1, 0.15) is 5.01 Å². The summed E-state index contributed by atoms with van der Waals surface area (Å²) in [7, 11) is 0. The fraction of sp³-hybridized carbons (Fsp3) is 0.100. The summed E-state index contributed by atoms with van der Waals surface area (Å²) in [5, 5.41) is 4.26. The third kappa shape index (κ3) is 2.32. The van der Waals surface area contributed by atoms with E-state index in [1.165, 1.54) is 0 Å². The van der Waals surface area contributed by atoms with E-state index in [9.17, 15) is 0 Å². The van der Waals surface area contributed by atoms with Crippen LogP contribution in [-0.4, -0.2) is 4.98 Å². The number of hydrogen-bond acceptors (Lipinski definition) is 2. The van der Waals surface area contributed by atoms with Crippen molar-refractivity contribution < 1.29 is 5.73 Å². The van der Waals surface area contributed by atoms with E-state index in [2.05, 4.69) is 10.7 Å². The van der Waals surface area contributed by atoms with Crippen LogP contribution in [0.4, 0.5) is 0 Å². The standard InChI is InChI=1S/C10H8Cl2N2S/c11-6-1-2-7(8(12)3-6)9-5-15-10(4-13)14-9/h1-3,5H,4,13H2/p+1. The molecule has 0 spiro atoms. The van der Waals surface area contributed by atoms with Crippen LogP contribution in [0.15, 0.2) is 23.6 Å². The van der Waals surface area contributed by atoms with Crippen molar-refractivity contribution in [3.63, 3.8) is 0 Å². The molecule has 0 bridgehead atoms. The van der Waals surface area contributed by atoms with Crippen LogP contribution in [0.25, 0.3) is 11.3 Å². The van der Waals surface area contributed by atoms with Gasteiger partial charge in [-0.15, -0.1) is 11.3 Å². The normalized spacial score (nSPS) is 10.6. The monoisotopic (exact) mass is 259 g/mol. The van der Waals surface area contributed by atoms with E-state index < -0.39 is 0 Å². The lowest BCUT2D eigenvalue weighted by atomic mass is 10.2. The van der Waals surface area contributed by atoms with Gasteiger partial charge in [0.15, 0.2) is 0 Å². The van der Waals surface area contributed by atoms with Crippen LogP contribution in [0.3, 0.4) is 0 Å². The smallest absolute Gasteiger partial charge is 0.148 e. The van der Waals surface area contributed by atoms with E-state index in [0.29, 0.717) is 16.6 Å². The zero-order valence-corrected chi connectivity index (χ0v) is 10.2. The highest BCUT2D eigenvalue weighted by molar-refractivity contribution is 7.09. The summed E-state index contributed by atoms with van der Waals surface area (Å²) < 4.78 is 0. The summed E-state index contributed by atoms with van der Waals surface area (Å²) in [5.41, 5.74) is 5.60. The molecule has 0 amide bonds. The summed E-state index contributed by atoms with van der Waals surface area (Å²) in [6.07, 6.45) is 0. The van der Waals surface area contributed by atoms with Crippen molar-refractivity contribution in [1.29, 1.82) is 0 Å². The number of rotatable bonds is 2. The molecule has 2 nitrogen and oxygen atoms in total. The van der Waals surface area contributed by atoms with Crippen LogP contribution in [-0.2, 0) is 6.54 Å². The summed E-state index contributed by atoms with van der Waals surface area (Å²) in [4.78, 5) is 4.42. The van der Waals surface area contributed by atoms with Gasteiger partial charge in [0.25, 0.3) is 0 Å². The number of hydrogen-bond donors (Lipinski definition) is 1. The van der Waals surface area contributed by atoms with E-state index in [1.54, 1.807) is 17.4 Å². The topological polar surface area (TPSA) is 40.5 Å². The van der Waals surface area contributed by atoms with Crippen LogP contribution in [0.5, 0.6) is 0 Å². The lowest BCUT2D eigenvalue weighted by molar-refractivity contribution is -0.386. The van der Waals surface area contributed by atoms with Gasteiger partial charge in [-0.05, 0) is 18.2 Å². The quantitative estimate of drug-likeness (QED) is 0.886. The summed E-state index contributed by atoms with van der Waals surface area (Å²) in [6, 6.07) is 5.42. The van der Waals surface area contributed by atoms with E-state index in [4.69, 9.17) is 23.2 Å². The largest absolute Gasteiger partial charge is 0.352 e. The van der Waals surface area contributed by atoms with Gasteiger partial charge in [-0.25, -0.2) is 4.98 Å². The van der Waals surface area contributed by atoms with Gasteiger partial charge in [-0.2, -0.15) is 0 Å². The Morgan fingerprint density at radius 3 is 2.73 bits per heavy atom. The number of nitrogens with zero attached hydrogens (tertiary/aromatic N) is 1. The third-order valence-electron chi connectivity index (χ3n) is 1.97. The number of thiazole rings is 1. The molecule has 0 atom stereocenters. The maximum Gasteiger partial charge on any atom is 0.148 e. The van der Waals surface area contributed by atoms with Crippen LogP contribution < -0.4 is 5.73 Å². The van der Waals surface area contributed by atoms with E-state index in [-0.39, 0.29) is 0 Å². The molecule has 2 aromatic rings. The molecule has 0 radical (unpaired) electrons. The Bertz CT molecular complexity index is 482. The molecule has 1 heterocycles. The Morgan fingerprint density at radius 1 is 1.33 bits per heavy atom. The first-order valence-electron chi connectivity index (χ1n) is 4.40. The minimum atomic E-state index is 0.628. The number of quaternary nitrogens is 1. The molecule has 2 rings (SSSR count). The lowest BCUT2D eigenvalue weighted by Crippen LogP contribution is -2.47. The number of aromatic nitrogens is 1. The predicted molar refractivity (Wildman–Crippen MR) is 64.2 cm³/mol. The second-order valence-corrected chi connectivity index (χ2v) is 4.79. The average Bonchev–Trinajstić information content (AvgIpc) is 2.66. The van der Waals surface area contributed by atoms with E-state index in [1.807, 2.05) is 17.5 Å². The highest BCUT2D eigenvalue weighted by Gasteiger charge is 2.08. The molecule has 0 fully saturated rings. The van der Waals surface area contributed by atoms with Gasteiger partial charge in [0.1, 0.15) is 11.6 Å². The minimum Gasteiger partial charge on any atom is -0.352 e. The van der Waals surface area contributed by atoms with Crippen LogP contribution >= 0.6 is 34.5 Å². The molecule has 0 saturated carbocycles. The van der Waals surface area contributed by atoms with Gasteiger partial charge in [0, 0.05) is 16.0 Å². The molecule has 1 aromatic carbocycles. The molecular weight excluding hydrogens is 251 g/mol. The van der Waals surface area contributed by atoms with Crippen molar-refractivity contribution in [3.05, 3.63) is 38.6 Å². The Labute approximate surface area is 102 Å². The minimum absolute atomic E-state index is 0.628. The summed E-state index contributed by atoms with van der Waals surface area (Å²) in [5.74, 6) is 0. The second kappa shape index (κ2) is 4.49. The van der Waals surface area contributed by atoms with E-state index >= 15 is 0 Å². The fourth-order valence-electron chi connectivity index (χ4n) is 1.25. The van der Waals surface area contributed by atoms with Gasteiger partial charge in [-0.1, -0.05) is 23.2 Å². The summed E-state index contributed by atoms with van der Waals surface area (Å²) in [6.45, 7) is 0.704. The first kappa shape index (κ1) is 10.9. The van der Waals surface area contributed by atoms with Gasteiger partial charge in [-0.3, -0.25) is 0 Å². The molecule has 0 unspecified atom stereocenters. The molecule has 0 aliphatic rings. The molecule has 15 heavy (non-hydrogen) atoms. The Morgan fingerprint density at radius 2 is 2.13 bits per heavy atom. The second-order valence-electron chi connectivity index (χ2n) is 3.00. The SMILES string of the molecule is [NH3+]Cc1nc(-c2ccc(Cl)cc2Cl)cs1. The zero-order valence-electron chi connectivity index (χ0n) is 7.84. The first-order chi connectivity index (χ1) is 7.20. The molecule has 78 valence electrons. The van der Waals surface area contributed by atoms with Crippen molar-refractivity contribution in [3.8, 4) is 11.3 Å². The number of halogens is 2. The molecule has 0 aliphatic heterocycles. The van der Waals surface area contributed by atoms with Gasteiger partial charge in [0.2, 0.25) is 0 Å². The van der Waals surface area contributed by atoms with Crippen molar-refractivity contribution in [2.45, 2.75) is 6.54 Å². The Balaban J connectivity index is 2.44. The lowest BCUT2D eigenvalue weighted by Gasteiger charge is -2.00. The van der Waals surface area contributed by atoms with Gasteiger partial charge < -0.3 is 5.73 Å². The maximum atomic E-state index is 6.08. The molecule has 5 heteroatoms. The molecular formula is C10H9Cl2N2S+. The predicted octanol–water partition coefficient (Wildman–Crippen LogP) is 2.86. The maximum absolute atomic E-state index is 6.08. The zero-order chi connectivity index (χ0) is 10.8. The molecule has 0 saturated heterocycles. The van der Waals surface area contributed by atoms with Crippen molar-refractivity contribution in [2.24, 2.45) is 0 Å². The van der Waals surface area contributed by atoms with Crippen molar-refractivity contribution in [1.82, 2.24) is 4.98 Å². The van der Waals surface area contributed by atoms with Crippen molar-refractivity contribution in [2.75, 3.05) is 0 Å². The van der Waals surface area contributed by atoms with Gasteiger partial charge in [0.05, 0.1) is 10.7 Å². The molecule has 1 aromatic heterocycles. The van der Waals surface area contributed by atoms with Crippen LogP contribution in [0, 0.1) is 0 Å². The highest BCUT2D eigenvalue weighted by atomic mass is 35.5. The Hall–Kier alpha value is -0.610. The highest BCUT2D eigenvalue weighted by Crippen LogP contribution is 2.30. The first-order valence-corrected chi connectivity index (χ1v) is 6.03. The average molecular weight is 260 g/mol. The van der Waals surface area contributed by atoms with Crippen LogP contribution in [0.2, 0.25) is 10.0 Å². The fourth-order valence-corrected chi connectivity index (χ4v) is 2.45. The number of benzene rings is 1. The summed E-state index contributed by atoms with van der Waals surface area (Å²) >= 11 is 13.5. The van der Waals surface area contributed by atoms with E-state index in [0.717, 1.165) is 16.3 Å². The molecule has 0 aliphatic carbocycles.